The molecule has 0 aromatic rings. The van der Waals surface area contributed by atoms with Crippen molar-refractivity contribution in [2.75, 3.05) is 119 Å². The Bertz CT molecular complexity index is 3200. The highest BCUT2D eigenvalue weighted by molar-refractivity contribution is 5.85. The lowest BCUT2D eigenvalue weighted by Gasteiger charge is -2.44. The molecule has 0 saturated carbocycles. The van der Waals surface area contributed by atoms with Gasteiger partial charge in [0.2, 0.25) is 53.2 Å². The summed E-state index contributed by atoms with van der Waals surface area (Å²) in [5.41, 5.74) is 5.40. The normalized spacial score (nSPS) is 22.0. The maximum absolute atomic E-state index is 12.9. The van der Waals surface area contributed by atoms with Gasteiger partial charge in [0.15, 0.2) is 55.5 Å². The number of ether oxygens (including phenoxy) is 18. The van der Waals surface area contributed by atoms with Crippen LogP contribution >= 0.6 is 12.4 Å². The second kappa shape index (κ2) is 65.0. The van der Waals surface area contributed by atoms with E-state index in [0.29, 0.717) is 96.7 Å². The first-order valence-electron chi connectivity index (χ1n) is 42.9. The molecule has 3 fully saturated rings. The summed E-state index contributed by atoms with van der Waals surface area (Å²) in [6, 6.07) is -3.35. The van der Waals surface area contributed by atoms with Gasteiger partial charge in [-0.15, -0.1) is 12.4 Å². The van der Waals surface area contributed by atoms with E-state index in [0.717, 1.165) is 41.5 Å². The molecule has 11 N–H and O–H groups in total. The summed E-state index contributed by atoms with van der Waals surface area (Å²) in [5, 5.41) is 24.7. The molecule has 0 spiro atoms. The summed E-state index contributed by atoms with van der Waals surface area (Å²) < 4.78 is 102. The van der Waals surface area contributed by atoms with Crippen LogP contribution in [0.5, 0.6) is 0 Å². The fourth-order valence-corrected chi connectivity index (χ4v) is 13.2. The molecule has 3 saturated heterocycles. The van der Waals surface area contributed by atoms with Crippen LogP contribution in [-0.4, -0.2) is 323 Å². The van der Waals surface area contributed by atoms with Gasteiger partial charge < -0.3 is 139 Å². The Morgan fingerprint density at radius 1 is 0.271 bits per heavy atom. The number of esters is 9. The zero-order valence-corrected chi connectivity index (χ0v) is 76.6. The molecule has 3 heterocycles. The Balaban J connectivity index is 0.0000563. The van der Waals surface area contributed by atoms with E-state index in [1.165, 1.54) is 41.5 Å². The average molecular weight is 1870 g/mol. The molecule has 0 aromatic heterocycles. The molecule has 129 heavy (non-hydrogen) atoms. The van der Waals surface area contributed by atoms with Crippen molar-refractivity contribution >= 4 is 119 Å². The van der Waals surface area contributed by atoms with E-state index in [-0.39, 0.29) is 185 Å². The van der Waals surface area contributed by atoms with Gasteiger partial charge in [0, 0.05) is 181 Å². The van der Waals surface area contributed by atoms with Gasteiger partial charge in [0.05, 0.1) is 45.2 Å². The zero-order valence-electron chi connectivity index (χ0n) is 75.8. The van der Waals surface area contributed by atoms with Gasteiger partial charge in [0.25, 0.3) is 0 Å². The molecule has 15 unspecified atom stereocenters. The molecule has 15 atom stereocenters. The van der Waals surface area contributed by atoms with Gasteiger partial charge >= 0.3 is 53.7 Å². The van der Waals surface area contributed by atoms with Crippen LogP contribution in [0.1, 0.15) is 199 Å². The largest absolute Gasteiger partial charge is 0.463 e. The van der Waals surface area contributed by atoms with E-state index in [1.807, 2.05) is 0 Å². The Morgan fingerprint density at radius 3 is 0.705 bits per heavy atom. The maximum Gasteiger partial charge on any atom is 0.303 e. The van der Waals surface area contributed by atoms with Crippen molar-refractivity contribution in [3.05, 3.63) is 0 Å². The molecule has 47 heteroatoms. The van der Waals surface area contributed by atoms with Crippen molar-refractivity contribution in [3.63, 3.8) is 0 Å². The zero-order chi connectivity index (χ0) is 95.1. The average Bonchev–Trinajstić information content (AvgIpc) is 0.796. The van der Waals surface area contributed by atoms with Gasteiger partial charge in [-0.1, -0.05) is 0 Å². The highest BCUT2D eigenvalue weighted by atomic mass is 35.5. The van der Waals surface area contributed by atoms with Gasteiger partial charge in [0.1, 0.15) is 56.3 Å². The van der Waals surface area contributed by atoms with E-state index in [9.17, 15) is 86.3 Å². The third kappa shape index (κ3) is 51.5. The molecule has 46 nitrogen and oxygen atoms in total. The van der Waals surface area contributed by atoms with Crippen LogP contribution in [0.15, 0.2) is 0 Å². The van der Waals surface area contributed by atoms with Crippen molar-refractivity contribution in [2.24, 2.45) is 5.73 Å². The maximum atomic E-state index is 12.9. The summed E-state index contributed by atoms with van der Waals surface area (Å²) in [7, 11) is 0. The SMILES string of the molecule is CC(=O)NC1C(OCCCCCNC(=O)CCCNC(=O)CCOCC(N)(COCCC(=O)NCCCC(=O)NCCCCCOC2OC(COC(C)=O)C(OC(C)=O)C(OC(C)=O)C2NC(C)=O)COCCC(=O)NCCCC(=O)NCCCCCOC2OC(COC(C)=O)C(OC(C)=O)C(OC(C)=O)C2NC(C)=O)OC(COC(C)=O)C(OC(C)=O)C1OC(C)=O.Cl. The lowest BCUT2D eigenvalue weighted by atomic mass is 9.96. The fourth-order valence-electron chi connectivity index (χ4n) is 13.2. The van der Waals surface area contributed by atoms with E-state index in [4.69, 9.17) is 91.0 Å². The van der Waals surface area contributed by atoms with Crippen molar-refractivity contribution in [1.82, 2.24) is 47.9 Å². The number of nitrogens with two attached hydrogens (primary N) is 1. The lowest BCUT2D eigenvalue weighted by Crippen LogP contribution is -2.66. The summed E-state index contributed by atoms with van der Waals surface area (Å²) in [5.74, 6) is -9.87. The van der Waals surface area contributed by atoms with Crippen molar-refractivity contribution in [1.29, 1.82) is 0 Å². The summed E-state index contributed by atoms with van der Waals surface area (Å²) in [6.45, 7) is 13.8. The molecule has 0 radical (unpaired) electrons. The van der Waals surface area contributed by atoms with Crippen LogP contribution in [0, 0.1) is 0 Å². The minimum absolute atomic E-state index is 0. The molecule has 0 aliphatic carbocycles. The molecular formula is C82H135ClN10O36. The van der Waals surface area contributed by atoms with Crippen LogP contribution in [0.25, 0.3) is 0 Å². The van der Waals surface area contributed by atoms with Crippen molar-refractivity contribution in [2.45, 2.75) is 296 Å². The molecule has 736 valence electrons. The van der Waals surface area contributed by atoms with Crippen LogP contribution in [0.3, 0.4) is 0 Å². The Morgan fingerprint density at radius 2 is 0.488 bits per heavy atom. The number of hydrogen-bond donors (Lipinski definition) is 10. The van der Waals surface area contributed by atoms with Crippen LogP contribution < -0.4 is 53.6 Å². The first kappa shape index (κ1) is 115. The molecule has 0 aromatic carbocycles. The van der Waals surface area contributed by atoms with Gasteiger partial charge in [-0.2, -0.15) is 0 Å². The minimum atomic E-state index is -1.35. The summed E-state index contributed by atoms with van der Waals surface area (Å²) >= 11 is 0. The van der Waals surface area contributed by atoms with Crippen molar-refractivity contribution < 1.29 is 172 Å². The standard InChI is InChI=1S/C82H134N10O36.ClH/c1-49(93)90-70-76(123-58(10)102)73(120-55(7)99)61(43-117-52(4)96)126-79(70)114-37-19-13-16-31-84-64(105)25-22-34-87-67(108)28-40-111-46-82(83,47-112-41-29-68(109)88-35-23-26-65(106)85-32-17-14-20-38-115-80-71(91-50(2)94)77(124-59(11)103)74(121-56(8)100)62(127-80)44-118-53(5)97)48-113-42-30-69(110)89-36-24-27-66(107)86-33-18-15-21-39-116-81-72(92-51(3)95)78(125-60(12)104)75(122-57(9)101)63(128-81)45-119-54(6)98;/h61-63,70-81H,13-48,83H2,1-12H3,(H,84,105)(H,85,106)(H,86,107)(H,87,108)(H,88,109)(H,89,110)(H,90,93)(H,91,94)(H,92,95);1H. The van der Waals surface area contributed by atoms with Gasteiger partial charge in [-0.3, -0.25) is 86.3 Å². The first-order chi connectivity index (χ1) is 60.8. The van der Waals surface area contributed by atoms with Crippen molar-refractivity contribution in [3.8, 4) is 0 Å². The smallest absolute Gasteiger partial charge is 0.303 e. The number of unbranched alkanes of at least 4 members (excludes halogenated alkanes) is 6. The summed E-state index contributed by atoms with van der Waals surface area (Å²) in [4.78, 5) is 221. The first-order valence-corrected chi connectivity index (χ1v) is 42.9. The molecular weight excluding hydrogens is 1740 g/mol. The monoisotopic (exact) mass is 1870 g/mol. The predicted molar refractivity (Wildman–Crippen MR) is 448 cm³/mol. The van der Waals surface area contributed by atoms with Gasteiger partial charge in [-0.05, 0) is 77.0 Å². The Hall–Kier alpha value is -9.65. The Labute approximate surface area is 756 Å². The number of nitrogens with one attached hydrogen (secondary N) is 9. The number of carbonyl (C=O) groups excluding carboxylic acids is 18. The van der Waals surface area contributed by atoms with E-state index < -0.39 is 169 Å². The molecule has 3 aliphatic rings. The highest BCUT2D eigenvalue weighted by Gasteiger charge is 2.54. The van der Waals surface area contributed by atoms with Crippen LogP contribution in [-0.2, 0) is 172 Å². The highest BCUT2D eigenvalue weighted by Crippen LogP contribution is 2.32. The van der Waals surface area contributed by atoms with Crippen LogP contribution in [0.4, 0.5) is 0 Å². The number of rotatable bonds is 63. The number of hydrogen-bond acceptors (Lipinski definition) is 37. The quantitative estimate of drug-likeness (QED) is 0.0196. The lowest BCUT2D eigenvalue weighted by molar-refractivity contribution is -0.277. The third-order valence-corrected chi connectivity index (χ3v) is 18.8. The van der Waals surface area contributed by atoms with E-state index >= 15 is 0 Å². The molecule has 0 bridgehead atoms. The second-order valence-corrected chi connectivity index (χ2v) is 30.6. The van der Waals surface area contributed by atoms with Gasteiger partial charge in [-0.25, -0.2) is 0 Å². The molecule has 9 amide bonds. The fraction of sp³-hybridized carbons (Fsp3) is 0.780. The number of halogens is 1. The van der Waals surface area contributed by atoms with E-state index in [1.54, 1.807) is 0 Å². The topological polar surface area (TPSA) is 608 Å². The number of amides is 9. The van der Waals surface area contributed by atoms with Crippen LogP contribution in [0.2, 0.25) is 0 Å². The van der Waals surface area contributed by atoms with E-state index in [2.05, 4.69) is 47.9 Å². The molecule has 3 rings (SSSR count). The summed E-state index contributed by atoms with van der Waals surface area (Å²) in [6.07, 6.45) is -8.83. The minimum Gasteiger partial charge on any atom is -0.463 e. The second-order valence-electron chi connectivity index (χ2n) is 30.6. The number of carbonyl (C=O) groups is 18. The predicted octanol–water partition coefficient (Wildman–Crippen LogP) is -1.11. The Kier molecular flexibility index (Phi) is 58.2. The molecule has 3 aliphatic heterocycles. The third-order valence-electron chi connectivity index (χ3n) is 18.8.